The number of carbonyl (C=O) groups excluding carboxylic acids is 1. The Hall–Kier alpha value is -3.13. The maximum atomic E-state index is 11.5. The Bertz CT molecular complexity index is 1080. The van der Waals surface area contributed by atoms with Crippen LogP contribution in [-0.2, 0) is 6.54 Å². The molecule has 1 aliphatic heterocycles. The van der Waals surface area contributed by atoms with E-state index >= 15 is 0 Å². The summed E-state index contributed by atoms with van der Waals surface area (Å²) in [5.74, 6) is 0.877. The number of hydrogen-bond acceptors (Lipinski definition) is 6. The number of likely N-dealkylation sites (tertiary alicyclic amines) is 1. The van der Waals surface area contributed by atoms with E-state index < -0.39 is 5.91 Å². The molecule has 2 heterocycles. The first-order valence-electron chi connectivity index (χ1n) is 12.0. The van der Waals surface area contributed by atoms with Crippen LogP contribution in [0.15, 0.2) is 67.3 Å². The van der Waals surface area contributed by atoms with Gasteiger partial charge in [-0.25, -0.2) is 15.4 Å². The van der Waals surface area contributed by atoms with Crippen molar-refractivity contribution in [1.29, 1.82) is 0 Å². The van der Waals surface area contributed by atoms with Gasteiger partial charge in [-0.15, -0.1) is 0 Å². The Kier molecular flexibility index (Phi) is 6.94. The van der Waals surface area contributed by atoms with Crippen LogP contribution in [0.1, 0.15) is 46.7 Å². The monoisotopic (exact) mass is 457 g/mol. The highest BCUT2D eigenvalue weighted by molar-refractivity contribution is 5.93. The van der Waals surface area contributed by atoms with E-state index in [4.69, 9.17) is 5.21 Å². The van der Waals surface area contributed by atoms with Gasteiger partial charge in [0.1, 0.15) is 6.33 Å². The van der Waals surface area contributed by atoms with Crippen LogP contribution >= 0.6 is 0 Å². The van der Waals surface area contributed by atoms with Crippen molar-refractivity contribution in [2.24, 2.45) is 5.92 Å². The molecular weight excluding hydrogens is 426 g/mol. The molecule has 1 aliphatic carbocycles. The highest BCUT2D eigenvalue weighted by atomic mass is 16.5. The predicted octanol–water partition coefficient (Wildman–Crippen LogP) is 3.62. The summed E-state index contributed by atoms with van der Waals surface area (Å²) in [4.78, 5) is 22.1. The molecule has 5 rings (SSSR count). The summed E-state index contributed by atoms with van der Waals surface area (Å²) in [5, 5.41) is 12.5. The summed E-state index contributed by atoms with van der Waals surface area (Å²) in [5.41, 5.74) is 6.96. The van der Waals surface area contributed by atoms with Gasteiger partial charge >= 0.3 is 0 Å². The average Bonchev–Trinajstić information content (AvgIpc) is 3.69. The van der Waals surface area contributed by atoms with Gasteiger partial charge in [0.25, 0.3) is 5.91 Å². The van der Waals surface area contributed by atoms with Crippen LogP contribution in [0.25, 0.3) is 11.1 Å². The summed E-state index contributed by atoms with van der Waals surface area (Å²) in [6.07, 6.45) is 8.90. The van der Waals surface area contributed by atoms with Crippen molar-refractivity contribution < 1.29 is 10.0 Å². The van der Waals surface area contributed by atoms with Gasteiger partial charge in [0.15, 0.2) is 0 Å². The van der Waals surface area contributed by atoms with Gasteiger partial charge in [0, 0.05) is 42.0 Å². The number of aromatic nitrogens is 2. The van der Waals surface area contributed by atoms with Crippen molar-refractivity contribution >= 4 is 5.91 Å². The first-order chi connectivity index (χ1) is 16.7. The van der Waals surface area contributed by atoms with E-state index in [0.717, 1.165) is 43.2 Å². The Morgan fingerprint density at radius 1 is 0.971 bits per heavy atom. The first kappa shape index (κ1) is 22.7. The van der Waals surface area contributed by atoms with E-state index in [0.29, 0.717) is 17.5 Å². The minimum Gasteiger partial charge on any atom is -0.313 e. The Balaban J connectivity index is 1.03. The molecule has 2 fully saturated rings. The number of hydroxylamine groups is 1. The second-order valence-corrected chi connectivity index (χ2v) is 9.46. The molecule has 1 aromatic heterocycles. The maximum absolute atomic E-state index is 11.5. The van der Waals surface area contributed by atoms with Crippen LogP contribution in [0.2, 0.25) is 0 Å². The minimum absolute atomic E-state index is 0.469. The molecule has 2 aromatic carbocycles. The zero-order valence-corrected chi connectivity index (χ0v) is 19.2. The lowest BCUT2D eigenvalue weighted by molar-refractivity contribution is 0.0706. The fourth-order valence-electron chi connectivity index (χ4n) is 4.91. The van der Waals surface area contributed by atoms with Crippen molar-refractivity contribution in [3.8, 4) is 11.1 Å². The minimum atomic E-state index is -0.475. The molecule has 7 nitrogen and oxygen atoms in total. The Morgan fingerprint density at radius 2 is 1.68 bits per heavy atom. The largest absolute Gasteiger partial charge is 0.313 e. The van der Waals surface area contributed by atoms with E-state index in [-0.39, 0.29) is 0 Å². The molecule has 176 valence electrons. The normalized spacial score (nSPS) is 20.7. The summed E-state index contributed by atoms with van der Waals surface area (Å²) in [6, 6.07) is 16.9. The number of rotatable bonds is 8. The van der Waals surface area contributed by atoms with Gasteiger partial charge in [-0.2, -0.15) is 0 Å². The maximum Gasteiger partial charge on any atom is 0.274 e. The molecule has 0 spiro atoms. The van der Waals surface area contributed by atoms with Crippen molar-refractivity contribution in [1.82, 2.24) is 25.7 Å². The summed E-state index contributed by atoms with van der Waals surface area (Å²) in [7, 11) is 0. The predicted molar refractivity (Wildman–Crippen MR) is 130 cm³/mol. The Morgan fingerprint density at radius 3 is 2.35 bits per heavy atom. The number of benzene rings is 2. The molecule has 0 radical (unpaired) electrons. The van der Waals surface area contributed by atoms with Crippen LogP contribution in [0.3, 0.4) is 0 Å². The second-order valence-electron chi connectivity index (χ2n) is 9.46. The van der Waals surface area contributed by atoms with Gasteiger partial charge in [0.2, 0.25) is 0 Å². The summed E-state index contributed by atoms with van der Waals surface area (Å²) < 4.78 is 0. The quantitative estimate of drug-likeness (QED) is 0.354. The molecule has 2 atom stereocenters. The van der Waals surface area contributed by atoms with Crippen molar-refractivity contribution in [3.05, 3.63) is 83.9 Å². The highest BCUT2D eigenvalue weighted by Gasteiger charge is 2.38. The van der Waals surface area contributed by atoms with E-state index in [1.54, 1.807) is 23.9 Å². The lowest BCUT2D eigenvalue weighted by atomic mass is 9.96. The SMILES string of the molecule is O=C(NO)c1ccc(CN2CCC(CNC3CC3c3ccc(-c4cncnc4)cc3)CC2)cc1. The number of nitrogens with zero attached hydrogens (tertiary/aromatic N) is 3. The molecule has 3 aromatic rings. The van der Waals surface area contributed by atoms with Gasteiger partial charge in [0.05, 0.1) is 0 Å². The van der Waals surface area contributed by atoms with Crippen LogP contribution in [-0.4, -0.2) is 51.7 Å². The standard InChI is InChI=1S/C27H31N5O2/c33-27(31-34)23-3-1-20(2-4-23)17-32-11-9-19(10-12-32)14-30-26-13-25(26)22-7-5-21(6-8-22)24-15-28-18-29-16-24/h1-8,15-16,18-19,25-26,30,34H,9-14,17H2,(H,31,33). The zero-order valence-electron chi connectivity index (χ0n) is 19.2. The average molecular weight is 458 g/mol. The van der Waals surface area contributed by atoms with Crippen molar-refractivity contribution in [3.63, 3.8) is 0 Å². The van der Waals surface area contributed by atoms with Crippen LogP contribution in [0.4, 0.5) is 0 Å². The topological polar surface area (TPSA) is 90.4 Å². The third-order valence-corrected chi connectivity index (χ3v) is 7.12. The van der Waals surface area contributed by atoms with Gasteiger partial charge in [-0.3, -0.25) is 14.9 Å². The first-order valence-corrected chi connectivity index (χ1v) is 12.0. The third-order valence-electron chi connectivity index (χ3n) is 7.12. The lowest BCUT2D eigenvalue weighted by Crippen LogP contribution is -2.37. The number of piperidine rings is 1. The highest BCUT2D eigenvalue weighted by Crippen LogP contribution is 2.41. The van der Waals surface area contributed by atoms with E-state index in [2.05, 4.69) is 44.5 Å². The molecule has 34 heavy (non-hydrogen) atoms. The zero-order chi connectivity index (χ0) is 23.3. The summed E-state index contributed by atoms with van der Waals surface area (Å²) >= 11 is 0. The van der Waals surface area contributed by atoms with E-state index in [1.165, 1.54) is 30.4 Å². The molecule has 2 aliphatic rings. The molecule has 7 heteroatoms. The number of carbonyl (C=O) groups is 1. The summed E-state index contributed by atoms with van der Waals surface area (Å²) in [6.45, 7) is 4.20. The Labute approximate surface area is 200 Å². The van der Waals surface area contributed by atoms with Crippen molar-refractivity contribution in [2.45, 2.75) is 37.8 Å². The molecule has 1 amide bonds. The molecular formula is C27H31N5O2. The van der Waals surface area contributed by atoms with Crippen LogP contribution < -0.4 is 10.8 Å². The van der Waals surface area contributed by atoms with Crippen LogP contribution in [0, 0.1) is 5.92 Å². The fourth-order valence-corrected chi connectivity index (χ4v) is 4.91. The molecule has 1 saturated heterocycles. The number of amides is 1. The number of nitrogens with one attached hydrogen (secondary N) is 2. The van der Waals surface area contributed by atoms with Crippen LogP contribution in [0.5, 0.6) is 0 Å². The van der Waals surface area contributed by atoms with Gasteiger partial charge in [-0.05, 0) is 73.6 Å². The van der Waals surface area contributed by atoms with Crippen molar-refractivity contribution in [2.75, 3.05) is 19.6 Å². The van der Waals surface area contributed by atoms with E-state index in [9.17, 15) is 4.79 Å². The van der Waals surface area contributed by atoms with E-state index in [1.807, 2.05) is 24.5 Å². The lowest BCUT2D eigenvalue weighted by Gasteiger charge is -2.32. The van der Waals surface area contributed by atoms with Gasteiger partial charge < -0.3 is 5.32 Å². The molecule has 1 saturated carbocycles. The molecule has 3 N–H and O–H groups in total. The van der Waals surface area contributed by atoms with Gasteiger partial charge in [-0.1, -0.05) is 36.4 Å². The third kappa shape index (κ3) is 5.50. The number of hydrogen-bond donors (Lipinski definition) is 3. The second kappa shape index (κ2) is 10.4. The smallest absolute Gasteiger partial charge is 0.274 e. The molecule has 2 unspecified atom stereocenters. The molecule has 0 bridgehead atoms. The fraction of sp³-hybridized carbons (Fsp3) is 0.370.